The summed E-state index contributed by atoms with van der Waals surface area (Å²) in [4.78, 5) is 13.1. The molecule has 0 amide bonds. The molecule has 2 aromatic rings. The molecule has 108 valence electrons. The van der Waals surface area contributed by atoms with Gasteiger partial charge in [-0.15, -0.1) is 11.3 Å². The van der Waals surface area contributed by atoms with E-state index in [1.54, 1.807) is 6.07 Å². The number of hydrogen-bond acceptors (Lipinski definition) is 6. The summed E-state index contributed by atoms with van der Waals surface area (Å²) in [6.45, 7) is 0.930. The van der Waals surface area contributed by atoms with E-state index < -0.39 is 6.29 Å². The second-order valence-electron chi connectivity index (χ2n) is 4.35. The van der Waals surface area contributed by atoms with Gasteiger partial charge in [0.1, 0.15) is 0 Å². The van der Waals surface area contributed by atoms with Gasteiger partial charge in [-0.25, -0.2) is 0 Å². The fraction of sp³-hybridized carbons (Fsp3) is 0.200. The number of carbonyl (C=O) groups excluding carboxylic acids is 1. The number of rotatable bonds is 5. The smallest absolute Gasteiger partial charge is 0.224 e. The molecule has 1 aromatic carbocycles. The molecule has 0 aliphatic carbocycles. The molecule has 5 nitrogen and oxygen atoms in total. The van der Waals surface area contributed by atoms with Gasteiger partial charge in [-0.2, -0.15) is 5.10 Å². The maximum absolute atomic E-state index is 12.5. The number of hydrazone groups is 1. The highest BCUT2D eigenvalue weighted by atomic mass is 32.1. The van der Waals surface area contributed by atoms with Crippen LogP contribution < -0.4 is 5.43 Å². The van der Waals surface area contributed by atoms with Crippen LogP contribution in [-0.4, -0.2) is 31.0 Å². The molecule has 1 aliphatic rings. The average molecular weight is 302 g/mol. The molecule has 6 heteroatoms. The summed E-state index contributed by atoms with van der Waals surface area (Å²) in [6, 6.07) is 13.0. The van der Waals surface area contributed by atoms with Crippen molar-refractivity contribution in [2.75, 3.05) is 18.6 Å². The molecule has 0 saturated carbocycles. The molecule has 3 rings (SSSR count). The third kappa shape index (κ3) is 3.36. The average Bonchev–Trinajstić information content (AvgIpc) is 3.22. The summed E-state index contributed by atoms with van der Waals surface area (Å²) in [6.07, 6.45) is -0.712. The standard InChI is InChI=1S/C15H14N2O3S/c18-14(12-7-4-10-21-12)13(15-19-8-9-20-15)17-16-11-5-2-1-3-6-11/h1-7,10,15-16H,8-9H2/b17-13-. The van der Waals surface area contributed by atoms with E-state index in [1.807, 2.05) is 41.8 Å². The van der Waals surface area contributed by atoms with Crippen molar-refractivity contribution in [3.8, 4) is 0 Å². The molecule has 0 spiro atoms. The Morgan fingerprint density at radius 2 is 1.90 bits per heavy atom. The molecular formula is C15H14N2O3S. The first-order valence-corrected chi connectivity index (χ1v) is 7.42. The van der Waals surface area contributed by atoms with Gasteiger partial charge in [0.15, 0.2) is 5.71 Å². The first-order chi connectivity index (χ1) is 10.3. The summed E-state index contributed by atoms with van der Waals surface area (Å²) in [5.41, 5.74) is 3.91. The van der Waals surface area contributed by atoms with E-state index in [0.29, 0.717) is 18.1 Å². The van der Waals surface area contributed by atoms with E-state index in [0.717, 1.165) is 5.69 Å². The maximum atomic E-state index is 12.5. The Balaban J connectivity index is 1.83. The van der Waals surface area contributed by atoms with E-state index >= 15 is 0 Å². The number of hydrogen-bond donors (Lipinski definition) is 1. The highest BCUT2D eigenvalue weighted by Crippen LogP contribution is 2.16. The van der Waals surface area contributed by atoms with Gasteiger partial charge >= 0.3 is 0 Å². The molecular weight excluding hydrogens is 288 g/mol. The lowest BCUT2D eigenvalue weighted by Gasteiger charge is -2.11. The fourth-order valence-corrected chi connectivity index (χ4v) is 2.57. The Morgan fingerprint density at radius 1 is 1.14 bits per heavy atom. The first kappa shape index (κ1) is 13.9. The lowest BCUT2D eigenvalue weighted by Crippen LogP contribution is -2.30. The van der Waals surface area contributed by atoms with Crippen LogP contribution in [0.15, 0.2) is 52.9 Å². The Hall–Kier alpha value is -2.02. The SMILES string of the molecule is O=C(/C(=N/Nc1ccccc1)C1OCCO1)c1cccs1. The van der Waals surface area contributed by atoms with Crippen LogP contribution in [0.2, 0.25) is 0 Å². The van der Waals surface area contributed by atoms with Crippen LogP contribution >= 0.6 is 11.3 Å². The van der Waals surface area contributed by atoms with Crippen LogP contribution in [0, 0.1) is 0 Å². The second kappa shape index (κ2) is 6.62. The van der Waals surface area contributed by atoms with E-state index in [1.165, 1.54) is 11.3 Å². The van der Waals surface area contributed by atoms with Crippen molar-refractivity contribution in [1.82, 2.24) is 0 Å². The molecule has 0 bridgehead atoms. The molecule has 1 aliphatic heterocycles. The van der Waals surface area contributed by atoms with Gasteiger partial charge in [0.2, 0.25) is 12.1 Å². The zero-order valence-electron chi connectivity index (χ0n) is 11.2. The van der Waals surface area contributed by atoms with Gasteiger partial charge in [-0.05, 0) is 23.6 Å². The van der Waals surface area contributed by atoms with Crippen LogP contribution in [0.4, 0.5) is 5.69 Å². The summed E-state index contributed by atoms with van der Waals surface area (Å²) in [5.74, 6) is -0.180. The zero-order valence-corrected chi connectivity index (χ0v) is 12.0. The maximum Gasteiger partial charge on any atom is 0.224 e. The van der Waals surface area contributed by atoms with Gasteiger partial charge in [-0.3, -0.25) is 10.2 Å². The van der Waals surface area contributed by atoms with Crippen LogP contribution in [0.5, 0.6) is 0 Å². The number of ketones is 1. The molecule has 1 N–H and O–H groups in total. The van der Waals surface area contributed by atoms with Gasteiger partial charge in [0.05, 0.1) is 23.8 Å². The van der Waals surface area contributed by atoms with Crippen LogP contribution in [0.25, 0.3) is 0 Å². The molecule has 2 heterocycles. The quantitative estimate of drug-likeness (QED) is 0.524. The van der Waals surface area contributed by atoms with Crippen molar-refractivity contribution in [2.45, 2.75) is 6.29 Å². The Labute approximate surface area is 126 Å². The highest BCUT2D eigenvalue weighted by Gasteiger charge is 2.29. The zero-order chi connectivity index (χ0) is 14.5. The molecule has 1 fully saturated rings. The van der Waals surface area contributed by atoms with Crippen molar-refractivity contribution < 1.29 is 14.3 Å². The van der Waals surface area contributed by atoms with Crippen LogP contribution in [0.1, 0.15) is 9.67 Å². The fourth-order valence-electron chi connectivity index (χ4n) is 1.90. The van der Waals surface area contributed by atoms with Crippen molar-refractivity contribution in [1.29, 1.82) is 0 Å². The molecule has 0 atom stereocenters. The largest absolute Gasteiger partial charge is 0.344 e. The van der Waals surface area contributed by atoms with Gasteiger partial charge < -0.3 is 9.47 Å². The van der Waals surface area contributed by atoms with E-state index in [-0.39, 0.29) is 11.5 Å². The molecule has 0 unspecified atom stereocenters. The lowest BCUT2D eigenvalue weighted by atomic mass is 10.2. The number of Topliss-reactive ketones (excluding diaryl/α,β-unsaturated/α-hetero) is 1. The molecule has 0 radical (unpaired) electrons. The number of nitrogens with one attached hydrogen (secondary N) is 1. The summed E-state index contributed by atoms with van der Waals surface area (Å²) < 4.78 is 10.8. The van der Waals surface area contributed by atoms with Crippen molar-refractivity contribution in [3.63, 3.8) is 0 Å². The number of carbonyl (C=O) groups is 1. The summed E-state index contributed by atoms with van der Waals surface area (Å²) >= 11 is 1.37. The van der Waals surface area contributed by atoms with E-state index in [4.69, 9.17) is 9.47 Å². The predicted molar refractivity (Wildman–Crippen MR) is 81.8 cm³/mol. The minimum absolute atomic E-state index is 0.180. The second-order valence-corrected chi connectivity index (χ2v) is 5.30. The van der Waals surface area contributed by atoms with E-state index in [2.05, 4.69) is 10.5 Å². The monoisotopic (exact) mass is 302 g/mol. The van der Waals surface area contributed by atoms with E-state index in [9.17, 15) is 4.79 Å². The number of anilines is 1. The molecule has 1 saturated heterocycles. The van der Waals surface area contributed by atoms with Gasteiger partial charge in [0.25, 0.3) is 0 Å². The Morgan fingerprint density at radius 3 is 2.57 bits per heavy atom. The molecule has 1 aromatic heterocycles. The lowest BCUT2D eigenvalue weighted by molar-refractivity contribution is 0.0140. The number of benzene rings is 1. The topological polar surface area (TPSA) is 59.9 Å². The Kier molecular flexibility index (Phi) is 4.40. The van der Waals surface area contributed by atoms with Crippen molar-refractivity contribution in [3.05, 3.63) is 52.7 Å². The summed E-state index contributed by atoms with van der Waals surface area (Å²) in [5, 5.41) is 6.06. The minimum Gasteiger partial charge on any atom is -0.344 e. The van der Waals surface area contributed by atoms with Crippen molar-refractivity contribution >= 4 is 28.5 Å². The third-order valence-electron chi connectivity index (χ3n) is 2.90. The number of ether oxygens (including phenoxy) is 2. The number of thiophene rings is 1. The summed E-state index contributed by atoms with van der Waals surface area (Å²) in [7, 11) is 0. The van der Waals surface area contributed by atoms with Gasteiger partial charge in [-0.1, -0.05) is 24.3 Å². The highest BCUT2D eigenvalue weighted by molar-refractivity contribution is 7.13. The number of para-hydroxylation sites is 1. The minimum atomic E-state index is -0.712. The normalized spacial score (nSPS) is 16.1. The van der Waals surface area contributed by atoms with Crippen molar-refractivity contribution in [2.24, 2.45) is 5.10 Å². The molecule has 21 heavy (non-hydrogen) atoms. The van der Waals surface area contributed by atoms with Gasteiger partial charge in [0, 0.05) is 0 Å². The number of nitrogens with zero attached hydrogens (tertiary/aromatic N) is 1. The first-order valence-electron chi connectivity index (χ1n) is 6.54. The van der Waals surface area contributed by atoms with Crippen LogP contribution in [-0.2, 0) is 9.47 Å². The van der Waals surface area contributed by atoms with Crippen LogP contribution in [0.3, 0.4) is 0 Å². The predicted octanol–water partition coefficient (Wildman–Crippen LogP) is 2.77. The Bertz CT molecular complexity index is 620. The third-order valence-corrected chi connectivity index (χ3v) is 3.77.